The van der Waals surface area contributed by atoms with Gasteiger partial charge in [0.1, 0.15) is 5.76 Å². The molecule has 3 rings (SSSR count). The molecular formula is C12H16N2O2. The van der Waals surface area contributed by atoms with Gasteiger partial charge in [0.05, 0.1) is 5.54 Å². The Morgan fingerprint density at radius 2 is 2.19 bits per heavy atom. The number of furan rings is 1. The molecule has 0 unspecified atom stereocenters. The van der Waals surface area contributed by atoms with Crippen LogP contribution in [-0.4, -0.2) is 29.4 Å². The van der Waals surface area contributed by atoms with Crippen molar-refractivity contribution in [1.82, 2.24) is 4.90 Å². The highest BCUT2D eigenvalue weighted by atomic mass is 16.3. The molecule has 0 radical (unpaired) electrons. The van der Waals surface area contributed by atoms with Crippen LogP contribution in [0, 0.1) is 12.8 Å². The second-order valence-corrected chi connectivity index (χ2v) is 5.08. The third-order valence-electron chi connectivity index (χ3n) is 3.60. The van der Waals surface area contributed by atoms with Crippen LogP contribution in [0.3, 0.4) is 0 Å². The molecule has 4 heteroatoms. The number of amides is 1. The van der Waals surface area contributed by atoms with E-state index in [0.29, 0.717) is 24.8 Å². The van der Waals surface area contributed by atoms with E-state index in [9.17, 15) is 4.79 Å². The summed E-state index contributed by atoms with van der Waals surface area (Å²) in [6.45, 7) is 3.19. The maximum atomic E-state index is 11.9. The van der Waals surface area contributed by atoms with Crippen LogP contribution >= 0.6 is 0 Å². The average Bonchev–Trinajstić information content (AvgIpc) is 2.96. The number of rotatable bonds is 2. The standard InChI is InChI=1S/C12H16N2O2/c1-8-2-5-10(16-8)11(15)14-6-12(13,7-14)9-3-4-9/h2,5,9H,3-4,6-7,13H2,1H3. The molecule has 2 heterocycles. The van der Waals surface area contributed by atoms with Gasteiger partial charge in [-0.3, -0.25) is 4.79 Å². The first-order valence-corrected chi connectivity index (χ1v) is 5.73. The molecule has 1 aliphatic heterocycles. The maximum Gasteiger partial charge on any atom is 0.289 e. The minimum Gasteiger partial charge on any atom is -0.456 e. The van der Waals surface area contributed by atoms with Crippen molar-refractivity contribution in [2.24, 2.45) is 11.7 Å². The number of nitrogens with zero attached hydrogens (tertiary/aromatic N) is 1. The molecule has 2 N–H and O–H groups in total. The number of likely N-dealkylation sites (tertiary alicyclic amines) is 1. The van der Waals surface area contributed by atoms with Crippen molar-refractivity contribution in [2.75, 3.05) is 13.1 Å². The summed E-state index contributed by atoms with van der Waals surface area (Å²) in [5.74, 6) is 1.80. The second kappa shape index (κ2) is 3.10. The van der Waals surface area contributed by atoms with E-state index < -0.39 is 0 Å². The van der Waals surface area contributed by atoms with Gasteiger partial charge < -0.3 is 15.1 Å². The average molecular weight is 220 g/mol. The van der Waals surface area contributed by atoms with Crippen molar-refractivity contribution in [1.29, 1.82) is 0 Å². The Kier molecular flexibility index (Phi) is 1.92. The third-order valence-corrected chi connectivity index (χ3v) is 3.60. The molecule has 0 atom stereocenters. The second-order valence-electron chi connectivity index (χ2n) is 5.08. The van der Waals surface area contributed by atoms with Crippen LogP contribution in [0.25, 0.3) is 0 Å². The van der Waals surface area contributed by atoms with Gasteiger partial charge >= 0.3 is 0 Å². The molecule has 0 spiro atoms. The quantitative estimate of drug-likeness (QED) is 0.813. The normalized spacial score (nSPS) is 23.0. The molecule has 1 amide bonds. The van der Waals surface area contributed by atoms with Crippen molar-refractivity contribution in [2.45, 2.75) is 25.3 Å². The highest BCUT2D eigenvalue weighted by Crippen LogP contribution is 2.43. The van der Waals surface area contributed by atoms with Crippen molar-refractivity contribution in [3.05, 3.63) is 23.7 Å². The van der Waals surface area contributed by atoms with E-state index >= 15 is 0 Å². The third kappa shape index (κ3) is 1.45. The number of carbonyl (C=O) groups excluding carboxylic acids is 1. The Hall–Kier alpha value is -1.29. The Morgan fingerprint density at radius 1 is 1.50 bits per heavy atom. The minimum absolute atomic E-state index is 0.0326. The number of aryl methyl sites for hydroxylation is 1. The molecule has 0 bridgehead atoms. The van der Waals surface area contributed by atoms with Gasteiger partial charge in [0.2, 0.25) is 0 Å². The van der Waals surface area contributed by atoms with Crippen molar-refractivity contribution >= 4 is 5.91 Å². The zero-order valence-electron chi connectivity index (χ0n) is 9.40. The highest BCUT2D eigenvalue weighted by Gasteiger charge is 2.52. The van der Waals surface area contributed by atoms with Crippen LogP contribution in [0.4, 0.5) is 0 Å². The van der Waals surface area contributed by atoms with Gasteiger partial charge in [0.15, 0.2) is 5.76 Å². The maximum absolute atomic E-state index is 11.9. The summed E-state index contributed by atoms with van der Waals surface area (Å²) in [4.78, 5) is 13.7. The Balaban J connectivity index is 1.66. The largest absolute Gasteiger partial charge is 0.456 e. The van der Waals surface area contributed by atoms with Gasteiger partial charge in [-0.2, -0.15) is 0 Å². The van der Waals surface area contributed by atoms with Crippen LogP contribution in [0.2, 0.25) is 0 Å². The molecule has 1 aromatic heterocycles. The molecule has 2 aliphatic rings. The topological polar surface area (TPSA) is 59.5 Å². The fourth-order valence-corrected chi connectivity index (χ4v) is 2.43. The lowest BCUT2D eigenvalue weighted by atomic mass is 9.85. The van der Waals surface area contributed by atoms with Gasteiger partial charge in [-0.15, -0.1) is 0 Å². The van der Waals surface area contributed by atoms with Gasteiger partial charge in [-0.25, -0.2) is 0 Å². The SMILES string of the molecule is Cc1ccc(C(=O)N2CC(N)(C3CC3)C2)o1. The Bertz CT molecular complexity index is 428. The summed E-state index contributed by atoms with van der Waals surface area (Å²) < 4.78 is 5.31. The molecule has 0 aromatic carbocycles. The molecule has 4 nitrogen and oxygen atoms in total. The fourth-order valence-electron chi connectivity index (χ4n) is 2.43. The monoisotopic (exact) mass is 220 g/mol. The Labute approximate surface area is 94.4 Å². The lowest BCUT2D eigenvalue weighted by Crippen LogP contribution is -2.69. The van der Waals surface area contributed by atoms with Crippen LogP contribution in [0.1, 0.15) is 29.2 Å². The predicted molar refractivity (Wildman–Crippen MR) is 59.0 cm³/mol. The summed E-state index contributed by atoms with van der Waals surface area (Å²) in [7, 11) is 0. The van der Waals surface area contributed by atoms with E-state index in [-0.39, 0.29) is 11.4 Å². The summed E-state index contributed by atoms with van der Waals surface area (Å²) in [6, 6.07) is 3.54. The van der Waals surface area contributed by atoms with E-state index in [1.165, 1.54) is 12.8 Å². The lowest BCUT2D eigenvalue weighted by molar-refractivity contribution is 0.0320. The molecular weight excluding hydrogens is 204 g/mol. The van der Waals surface area contributed by atoms with Crippen LogP contribution in [0.15, 0.2) is 16.5 Å². The van der Waals surface area contributed by atoms with Crippen LogP contribution in [0.5, 0.6) is 0 Å². The smallest absolute Gasteiger partial charge is 0.289 e. The molecule has 1 aliphatic carbocycles. The summed E-state index contributed by atoms with van der Waals surface area (Å²) in [5, 5.41) is 0. The van der Waals surface area contributed by atoms with Crippen molar-refractivity contribution < 1.29 is 9.21 Å². The van der Waals surface area contributed by atoms with E-state index in [2.05, 4.69) is 0 Å². The molecule has 1 saturated carbocycles. The Morgan fingerprint density at radius 3 is 2.69 bits per heavy atom. The fraction of sp³-hybridized carbons (Fsp3) is 0.583. The first kappa shape index (κ1) is 9.90. The highest BCUT2D eigenvalue weighted by molar-refractivity contribution is 5.92. The minimum atomic E-state index is -0.114. The van der Waals surface area contributed by atoms with Crippen molar-refractivity contribution in [3.63, 3.8) is 0 Å². The lowest BCUT2D eigenvalue weighted by Gasteiger charge is -2.47. The van der Waals surface area contributed by atoms with Gasteiger partial charge in [-0.1, -0.05) is 0 Å². The van der Waals surface area contributed by atoms with E-state index in [1.54, 1.807) is 11.0 Å². The summed E-state index contributed by atoms with van der Waals surface area (Å²) >= 11 is 0. The first-order chi connectivity index (χ1) is 7.58. The summed E-state index contributed by atoms with van der Waals surface area (Å²) in [6.07, 6.45) is 2.44. The number of hydrogen-bond donors (Lipinski definition) is 1. The van der Waals surface area contributed by atoms with Crippen LogP contribution < -0.4 is 5.73 Å². The van der Waals surface area contributed by atoms with E-state index in [1.807, 2.05) is 13.0 Å². The van der Waals surface area contributed by atoms with Crippen molar-refractivity contribution in [3.8, 4) is 0 Å². The number of nitrogens with two attached hydrogens (primary N) is 1. The predicted octanol–water partition coefficient (Wildman–Crippen LogP) is 1.15. The van der Waals surface area contributed by atoms with Crippen LogP contribution in [-0.2, 0) is 0 Å². The van der Waals surface area contributed by atoms with Gasteiger partial charge in [0, 0.05) is 13.1 Å². The first-order valence-electron chi connectivity index (χ1n) is 5.73. The van der Waals surface area contributed by atoms with Gasteiger partial charge in [-0.05, 0) is 37.8 Å². The summed E-state index contributed by atoms with van der Waals surface area (Å²) in [5.41, 5.74) is 6.08. The van der Waals surface area contributed by atoms with Gasteiger partial charge in [0.25, 0.3) is 5.91 Å². The number of carbonyl (C=O) groups is 1. The molecule has 1 saturated heterocycles. The van der Waals surface area contributed by atoms with E-state index in [0.717, 1.165) is 5.76 Å². The zero-order chi connectivity index (χ0) is 11.3. The molecule has 86 valence electrons. The zero-order valence-corrected chi connectivity index (χ0v) is 9.40. The van der Waals surface area contributed by atoms with E-state index in [4.69, 9.17) is 10.2 Å². The number of hydrogen-bond acceptors (Lipinski definition) is 3. The molecule has 1 aromatic rings. The molecule has 16 heavy (non-hydrogen) atoms. The molecule has 2 fully saturated rings.